The normalized spacial score (nSPS) is 12.5. The molecule has 2 N–H and O–H groups in total. The molecule has 0 aliphatic carbocycles. The highest BCUT2D eigenvalue weighted by Gasteiger charge is 2.20. The van der Waals surface area contributed by atoms with E-state index < -0.39 is 14.9 Å². The highest BCUT2D eigenvalue weighted by Crippen LogP contribution is 2.21. The zero-order valence-corrected chi connectivity index (χ0v) is 13.8. The van der Waals surface area contributed by atoms with Crippen LogP contribution >= 0.6 is 12.4 Å². The largest absolute Gasteiger partial charge is 0.313 e. The molecule has 0 heterocycles. The summed E-state index contributed by atoms with van der Waals surface area (Å²) in [5.74, 6) is 0. The molecule has 0 aromatic heterocycles. The van der Waals surface area contributed by atoms with Gasteiger partial charge in [0.25, 0.3) is 5.69 Å². The van der Waals surface area contributed by atoms with Crippen molar-refractivity contribution in [2.45, 2.75) is 31.7 Å². The van der Waals surface area contributed by atoms with Gasteiger partial charge in [-0.05, 0) is 26.0 Å². The zero-order valence-electron chi connectivity index (χ0n) is 12.1. The van der Waals surface area contributed by atoms with Crippen molar-refractivity contribution < 1.29 is 13.3 Å². The summed E-state index contributed by atoms with van der Waals surface area (Å²) in [4.78, 5) is 10.1. The predicted molar refractivity (Wildman–Crippen MR) is 83.4 cm³/mol. The Kier molecular flexibility index (Phi) is 7.80. The van der Waals surface area contributed by atoms with Crippen molar-refractivity contribution in [3.8, 4) is 0 Å². The highest BCUT2D eigenvalue weighted by molar-refractivity contribution is 7.89. The van der Waals surface area contributed by atoms with E-state index in [1.807, 2.05) is 13.8 Å². The van der Waals surface area contributed by atoms with Crippen LogP contribution in [0.25, 0.3) is 0 Å². The number of nitrogens with zero attached hydrogens (tertiary/aromatic N) is 1. The quantitative estimate of drug-likeness (QED) is 0.581. The van der Waals surface area contributed by atoms with E-state index in [9.17, 15) is 18.5 Å². The summed E-state index contributed by atoms with van der Waals surface area (Å²) in [7, 11) is -3.75. The van der Waals surface area contributed by atoms with E-state index in [0.717, 1.165) is 12.6 Å². The predicted octanol–water partition coefficient (Wildman–Crippen LogP) is 1.60. The fraction of sp³-hybridized carbons (Fsp3) is 0.500. The fourth-order valence-corrected chi connectivity index (χ4v) is 3.12. The summed E-state index contributed by atoms with van der Waals surface area (Å²) in [5.41, 5.74) is 0.231. The van der Waals surface area contributed by atoms with Gasteiger partial charge in [0.2, 0.25) is 10.0 Å². The molecular weight excluding hydrogens is 318 g/mol. The molecule has 0 saturated carbocycles. The molecule has 0 saturated heterocycles. The van der Waals surface area contributed by atoms with Gasteiger partial charge in [-0.2, -0.15) is 0 Å². The average molecular weight is 338 g/mol. The van der Waals surface area contributed by atoms with E-state index in [2.05, 4.69) is 10.0 Å². The van der Waals surface area contributed by atoms with Crippen LogP contribution in [-0.4, -0.2) is 32.5 Å². The molecule has 1 aromatic carbocycles. The summed E-state index contributed by atoms with van der Waals surface area (Å²) in [6, 6.07) is 3.78. The van der Waals surface area contributed by atoms with Crippen LogP contribution in [0.3, 0.4) is 0 Å². The van der Waals surface area contributed by atoms with Gasteiger partial charge in [-0.1, -0.05) is 13.0 Å². The van der Waals surface area contributed by atoms with Crippen LogP contribution in [0.4, 0.5) is 5.69 Å². The van der Waals surface area contributed by atoms with Gasteiger partial charge in [0.15, 0.2) is 0 Å². The van der Waals surface area contributed by atoms with Gasteiger partial charge < -0.3 is 5.32 Å². The van der Waals surface area contributed by atoms with Gasteiger partial charge in [-0.3, -0.25) is 10.1 Å². The van der Waals surface area contributed by atoms with Gasteiger partial charge in [0.05, 0.1) is 9.82 Å². The SMILES string of the molecule is CCN[C@H](C)CNS(=O)(=O)c1cc([N+](=O)[O-])ccc1C.Cl. The van der Waals surface area contributed by atoms with Gasteiger partial charge in [-0.25, -0.2) is 13.1 Å². The number of nitro groups is 1. The molecule has 21 heavy (non-hydrogen) atoms. The average Bonchev–Trinajstić information content (AvgIpc) is 2.37. The van der Waals surface area contributed by atoms with Crippen molar-refractivity contribution in [3.05, 3.63) is 33.9 Å². The van der Waals surface area contributed by atoms with Crippen molar-refractivity contribution in [1.82, 2.24) is 10.0 Å². The van der Waals surface area contributed by atoms with Crippen LogP contribution in [0.5, 0.6) is 0 Å². The number of likely N-dealkylation sites (N-methyl/N-ethyl adjacent to an activating group) is 1. The molecule has 9 heteroatoms. The van der Waals surface area contributed by atoms with Gasteiger partial charge in [0.1, 0.15) is 0 Å². The summed E-state index contributed by atoms with van der Waals surface area (Å²) in [6.07, 6.45) is 0. The number of benzene rings is 1. The maximum Gasteiger partial charge on any atom is 0.270 e. The second kappa shape index (κ2) is 8.28. The molecular formula is C12H20ClN3O4S. The Morgan fingerprint density at radius 3 is 2.52 bits per heavy atom. The maximum absolute atomic E-state index is 12.2. The number of aryl methyl sites for hydroxylation is 1. The Bertz CT molecular complexity index is 592. The maximum atomic E-state index is 12.2. The number of hydrogen-bond acceptors (Lipinski definition) is 5. The number of rotatable bonds is 7. The summed E-state index contributed by atoms with van der Waals surface area (Å²) >= 11 is 0. The Hall–Kier alpha value is -1.22. The van der Waals surface area contributed by atoms with E-state index >= 15 is 0 Å². The number of hydrogen-bond donors (Lipinski definition) is 2. The number of halogens is 1. The summed E-state index contributed by atoms with van der Waals surface area (Å²) in [6.45, 7) is 6.34. The molecule has 0 radical (unpaired) electrons. The van der Waals surface area contributed by atoms with Crippen molar-refractivity contribution in [1.29, 1.82) is 0 Å². The molecule has 1 atom stereocenters. The van der Waals surface area contributed by atoms with Gasteiger partial charge in [0, 0.05) is 24.7 Å². The molecule has 0 bridgehead atoms. The third-order valence-electron chi connectivity index (χ3n) is 2.80. The fourth-order valence-electron chi connectivity index (χ4n) is 1.72. The Balaban J connectivity index is 0.00000400. The minimum atomic E-state index is -3.75. The minimum Gasteiger partial charge on any atom is -0.313 e. The van der Waals surface area contributed by atoms with Crippen LogP contribution in [0, 0.1) is 17.0 Å². The van der Waals surface area contributed by atoms with Crippen molar-refractivity contribution >= 4 is 28.1 Å². The second-order valence-corrected chi connectivity index (χ2v) is 6.25. The second-order valence-electron chi connectivity index (χ2n) is 4.52. The van der Waals surface area contributed by atoms with Crippen molar-refractivity contribution in [3.63, 3.8) is 0 Å². The lowest BCUT2D eigenvalue weighted by molar-refractivity contribution is -0.385. The number of non-ortho nitro benzene ring substituents is 1. The smallest absolute Gasteiger partial charge is 0.270 e. The third-order valence-corrected chi connectivity index (χ3v) is 4.37. The van der Waals surface area contributed by atoms with Crippen LogP contribution < -0.4 is 10.0 Å². The Morgan fingerprint density at radius 2 is 2.00 bits per heavy atom. The van der Waals surface area contributed by atoms with Crippen molar-refractivity contribution in [2.75, 3.05) is 13.1 Å². The van der Waals surface area contributed by atoms with Gasteiger partial charge >= 0.3 is 0 Å². The number of nitrogens with one attached hydrogen (secondary N) is 2. The number of sulfonamides is 1. The van der Waals surface area contributed by atoms with Crippen molar-refractivity contribution in [2.24, 2.45) is 0 Å². The first-order valence-corrected chi connectivity index (χ1v) is 7.74. The zero-order chi connectivity index (χ0) is 15.3. The van der Waals surface area contributed by atoms with E-state index in [0.29, 0.717) is 5.56 Å². The molecule has 0 amide bonds. The lowest BCUT2D eigenvalue weighted by atomic mass is 10.2. The van der Waals surface area contributed by atoms with E-state index in [4.69, 9.17) is 0 Å². The first kappa shape index (κ1) is 19.8. The molecule has 0 spiro atoms. The number of nitro benzene ring substituents is 1. The molecule has 0 unspecified atom stereocenters. The first-order valence-electron chi connectivity index (χ1n) is 6.26. The molecule has 1 aromatic rings. The van der Waals surface area contributed by atoms with E-state index in [1.54, 1.807) is 6.92 Å². The van der Waals surface area contributed by atoms with Gasteiger partial charge in [-0.15, -0.1) is 12.4 Å². The molecule has 0 aliphatic rings. The van der Waals surface area contributed by atoms with Crippen LogP contribution in [0.15, 0.2) is 23.1 Å². The van der Waals surface area contributed by atoms with E-state index in [-0.39, 0.29) is 35.6 Å². The van der Waals surface area contributed by atoms with Crippen LogP contribution in [0.2, 0.25) is 0 Å². The summed E-state index contributed by atoms with van der Waals surface area (Å²) in [5, 5.41) is 13.8. The Labute approximate surface area is 130 Å². The monoisotopic (exact) mass is 337 g/mol. The van der Waals surface area contributed by atoms with Crippen LogP contribution in [0.1, 0.15) is 19.4 Å². The summed E-state index contributed by atoms with van der Waals surface area (Å²) < 4.78 is 26.8. The Morgan fingerprint density at radius 1 is 1.38 bits per heavy atom. The topological polar surface area (TPSA) is 101 Å². The van der Waals surface area contributed by atoms with E-state index in [1.165, 1.54) is 12.1 Å². The first-order chi connectivity index (χ1) is 9.27. The lowest BCUT2D eigenvalue weighted by Gasteiger charge is -2.14. The molecule has 7 nitrogen and oxygen atoms in total. The highest BCUT2D eigenvalue weighted by atomic mass is 35.5. The molecule has 1 rings (SSSR count). The standard InChI is InChI=1S/C12H19N3O4S.ClH/c1-4-13-10(3)8-14-20(18,19)12-7-11(15(16)17)6-5-9(12)2;/h5-7,10,13-14H,4,8H2,1-3H3;1H/t10-;/m1./s1. The molecule has 120 valence electrons. The minimum absolute atomic E-state index is 0. The molecule has 0 fully saturated rings. The van der Waals surface area contributed by atoms with Crippen LogP contribution in [-0.2, 0) is 10.0 Å². The third kappa shape index (κ3) is 5.58. The lowest BCUT2D eigenvalue weighted by Crippen LogP contribution is -2.38. The molecule has 0 aliphatic heterocycles.